The molecular formula is C15H31IN6. The minimum atomic E-state index is 0. The summed E-state index contributed by atoms with van der Waals surface area (Å²) in [5.41, 5.74) is 0. The predicted molar refractivity (Wildman–Crippen MR) is 103 cm³/mol. The van der Waals surface area contributed by atoms with Crippen molar-refractivity contribution in [2.75, 3.05) is 13.6 Å². The van der Waals surface area contributed by atoms with E-state index < -0.39 is 0 Å². The molecule has 1 unspecified atom stereocenters. The van der Waals surface area contributed by atoms with Crippen LogP contribution in [0.3, 0.4) is 0 Å². The third kappa shape index (κ3) is 7.95. The van der Waals surface area contributed by atoms with Gasteiger partial charge in [-0.1, -0.05) is 20.8 Å². The number of hydrogen-bond donors (Lipinski definition) is 2. The zero-order valence-electron chi connectivity index (χ0n) is 14.5. The van der Waals surface area contributed by atoms with Gasteiger partial charge in [0.05, 0.1) is 0 Å². The van der Waals surface area contributed by atoms with Crippen molar-refractivity contribution in [1.29, 1.82) is 0 Å². The third-order valence-corrected chi connectivity index (χ3v) is 3.44. The van der Waals surface area contributed by atoms with Crippen LogP contribution in [0.25, 0.3) is 0 Å². The number of hydrogen-bond acceptors (Lipinski definition) is 3. The Balaban J connectivity index is 0.00000441. The molecule has 0 bridgehead atoms. The highest BCUT2D eigenvalue weighted by molar-refractivity contribution is 14.0. The van der Waals surface area contributed by atoms with Crippen molar-refractivity contribution < 1.29 is 0 Å². The Labute approximate surface area is 151 Å². The Morgan fingerprint density at radius 2 is 2.05 bits per heavy atom. The summed E-state index contributed by atoms with van der Waals surface area (Å²) < 4.78 is 2.07. The molecule has 2 N–H and O–H groups in total. The molecule has 1 aromatic rings. The summed E-state index contributed by atoms with van der Waals surface area (Å²) in [6, 6.07) is 0.430. The second kappa shape index (κ2) is 11.7. The van der Waals surface area contributed by atoms with Crippen LogP contribution in [-0.4, -0.2) is 40.4 Å². The van der Waals surface area contributed by atoms with Crippen molar-refractivity contribution in [3.8, 4) is 0 Å². The lowest BCUT2D eigenvalue weighted by Gasteiger charge is -2.19. The quantitative estimate of drug-likeness (QED) is 0.384. The molecule has 0 saturated heterocycles. The maximum absolute atomic E-state index is 4.27. The molecule has 1 atom stereocenters. The van der Waals surface area contributed by atoms with Crippen LogP contribution in [0.5, 0.6) is 0 Å². The van der Waals surface area contributed by atoms with Crippen LogP contribution in [-0.2, 0) is 13.0 Å². The van der Waals surface area contributed by atoms with E-state index in [4.69, 9.17) is 0 Å². The summed E-state index contributed by atoms with van der Waals surface area (Å²) in [4.78, 5) is 4.27. The third-order valence-electron chi connectivity index (χ3n) is 3.44. The van der Waals surface area contributed by atoms with Crippen molar-refractivity contribution in [1.82, 2.24) is 25.4 Å². The predicted octanol–water partition coefficient (Wildman–Crippen LogP) is 2.45. The van der Waals surface area contributed by atoms with Crippen LogP contribution < -0.4 is 10.6 Å². The summed E-state index contributed by atoms with van der Waals surface area (Å²) >= 11 is 0. The number of nitrogens with zero attached hydrogens (tertiary/aromatic N) is 4. The number of nitrogens with one attached hydrogen (secondary N) is 2. The van der Waals surface area contributed by atoms with Crippen LogP contribution >= 0.6 is 24.0 Å². The molecule has 0 radical (unpaired) electrons. The zero-order chi connectivity index (χ0) is 15.7. The number of rotatable bonds is 8. The molecule has 0 fully saturated rings. The van der Waals surface area contributed by atoms with Gasteiger partial charge in [0.1, 0.15) is 12.2 Å². The van der Waals surface area contributed by atoms with Gasteiger partial charge in [0.25, 0.3) is 0 Å². The molecule has 0 aliphatic heterocycles. The summed E-state index contributed by atoms with van der Waals surface area (Å²) in [5, 5.41) is 14.8. The van der Waals surface area contributed by atoms with Crippen molar-refractivity contribution in [2.24, 2.45) is 10.9 Å². The average molecular weight is 422 g/mol. The van der Waals surface area contributed by atoms with Crippen molar-refractivity contribution in [3.63, 3.8) is 0 Å². The Morgan fingerprint density at radius 3 is 2.64 bits per heavy atom. The van der Waals surface area contributed by atoms with Crippen LogP contribution in [0.1, 0.15) is 46.4 Å². The van der Waals surface area contributed by atoms with Crippen molar-refractivity contribution in [3.05, 3.63) is 12.2 Å². The van der Waals surface area contributed by atoms with Crippen LogP contribution in [0.15, 0.2) is 11.3 Å². The van der Waals surface area contributed by atoms with E-state index in [1.807, 2.05) is 0 Å². The van der Waals surface area contributed by atoms with Gasteiger partial charge in [-0.15, -0.1) is 34.2 Å². The highest BCUT2D eigenvalue weighted by atomic mass is 127. The first-order valence-corrected chi connectivity index (χ1v) is 7.90. The van der Waals surface area contributed by atoms with E-state index in [1.54, 1.807) is 13.4 Å². The average Bonchev–Trinajstić information content (AvgIpc) is 2.91. The number of aliphatic imine (C=N–C) groups is 1. The molecule has 128 valence electrons. The maximum Gasteiger partial charge on any atom is 0.191 e. The van der Waals surface area contributed by atoms with Crippen molar-refractivity contribution >= 4 is 29.9 Å². The van der Waals surface area contributed by atoms with Gasteiger partial charge < -0.3 is 15.2 Å². The molecule has 0 aliphatic carbocycles. The standard InChI is InChI=1S/C15H30N6.HI/c1-6-14-20-18-11-21(14)10-9-17-15(16-5)19-13(4)8-7-12(2)3;/h11-13H,6-10H2,1-5H3,(H2,16,17,19);1H. The summed E-state index contributed by atoms with van der Waals surface area (Å²) in [6.45, 7) is 10.4. The zero-order valence-corrected chi connectivity index (χ0v) is 16.8. The van der Waals surface area contributed by atoms with Crippen molar-refractivity contribution in [2.45, 2.75) is 59.5 Å². The van der Waals surface area contributed by atoms with Gasteiger partial charge in [0, 0.05) is 32.6 Å². The minimum absolute atomic E-state index is 0. The lowest BCUT2D eigenvalue weighted by molar-refractivity contribution is 0.488. The maximum atomic E-state index is 4.27. The Morgan fingerprint density at radius 1 is 1.32 bits per heavy atom. The van der Waals surface area contributed by atoms with Gasteiger partial charge in [-0.25, -0.2) is 0 Å². The SMILES string of the molecule is CCc1nncn1CCNC(=NC)NC(C)CCC(C)C.I. The fourth-order valence-electron chi connectivity index (χ4n) is 2.12. The summed E-state index contributed by atoms with van der Waals surface area (Å²) in [6.07, 6.45) is 5.07. The van der Waals surface area contributed by atoms with E-state index in [-0.39, 0.29) is 24.0 Å². The minimum Gasteiger partial charge on any atom is -0.355 e. The molecule has 1 heterocycles. The van der Waals surface area contributed by atoms with Gasteiger partial charge in [-0.3, -0.25) is 4.99 Å². The van der Waals surface area contributed by atoms with E-state index in [2.05, 4.69) is 58.1 Å². The van der Waals surface area contributed by atoms with Crippen LogP contribution in [0.4, 0.5) is 0 Å². The van der Waals surface area contributed by atoms with Crippen LogP contribution in [0.2, 0.25) is 0 Å². The van der Waals surface area contributed by atoms with Gasteiger partial charge in [-0.2, -0.15) is 0 Å². The number of halogens is 1. The second-order valence-electron chi connectivity index (χ2n) is 5.81. The highest BCUT2D eigenvalue weighted by Gasteiger charge is 2.06. The fourth-order valence-corrected chi connectivity index (χ4v) is 2.12. The lowest BCUT2D eigenvalue weighted by atomic mass is 10.0. The highest BCUT2D eigenvalue weighted by Crippen LogP contribution is 2.06. The Kier molecular flexibility index (Phi) is 11.2. The Hall–Kier alpha value is -0.860. The van der Waals surface area contributed by atoms with Gasteiger partial charge in [0.2, 0.25) is 0 Å². The second-order valence-corrected chi connectivity index (χ2v) is 5.81. The largest absolute Gasteiger partial charge is 0.355 e. The summed E-state index contributed by atoms with van der Waals surface area (Å²) in [7, 11) is 1.81. The first-order valence-electron chi connectivity index (χ1n) is 7.90. The molecule has 0 amide bonds. The fraction of sp³-hybridized carbons (Fsp3) is 0.800. The Bertz CT molecular complexity index is 429. The molecule has 22 heavy (non-hydrogen) atoms. The van der Waals surface area contributed by atoms with Gasteiger partial charge in [0.15, 0.2) is 5.96 Å². The molecule has 0 aliphatic rings. The molecule has 6 nitrogen and oxygen atoms in total. The van der Waals surface area contributed by atoms with E-state index in [9.17, 15) is 0 Å². The summed E-state index contributed by atoms with van der Waals surface area (Å²) in [5.74, 6) is 2.62. The van der Waals surface area contributed by atoms with E-state index in [0.717, 1.165) is 43.6 Å². The first kappa shape index (κ1) is 21.1. The molecule has 0 saturated carbocycles. The molecule has 0 spiro atoms. The van der Waals surface area contributed by atoms with E-state index in [0.29, 0.717) is 6.04 Å². The number of aromatic nitrogens is 3. The van der Waals surface area contributed by atoms with Gasteiger partial charge >= 0.3 is 0 Å². The molecule has 7 heteroatoms. The number of guanidine groups is 1. The van der Waals surface area contributed by atoms with Crippen LogP contribution in [0, 0.1) is 5.92 Å². The molecule has 0 aromatic carbocycles. The molecule has 1 aromatic heterocycles. The smallest absolute Gasteiger partial charge is 0.191 e. The number of aryl methyl sites for hydroxylation is 1. The van der Waals surface area contributed by atoms with Gasteiger partial charge in [-0.05, 0) is 25.7 Å². The van der Waals surface area contributed by atoms with E-state index in [1.165, 1.54) is 6.42 Å². The molecule has 1 rings (SSSR count). The topological polar surface area (TPSA) is 67.1 Å². The molecular weight excluding hydrogens is 391 g/mol. The first-order chi connectivity index (χ1) is 10.1. The van der Waals surface area contributed by atoms with E-state index >= 15 is 0 Å². The lowest BCUT2D eigenvalue weighted by Crippen LogP contribution is -2.43. The monoisotopic (exact) mass is 422 g/mol. The normalized spacial score (nSPS) is 12.9.